The zero-order chi connectivity index (χ0) is 33.4. The number of rotatable bonds is 15. The molecule has 4 unspecified atom stereocenters. The highest BCUT2D eigenvalue weighted by atomic mass is 19.4. The summed E-state index contributed by atoms with van der Waals surface area (Å²) in [5, 5.41) is 16.5. The maximum absolute atomic E-state index is 13.8. The van der Waals surface area contributed by atoms with Crippen molar-refractivity contribution < 1.29 is 27.9 Å². The Morgan fingerprint density at radius 1 is 1.02 bits per heavy atom. The number of carbonyl (C=O) groups is 2. The van der Waals surface area contributed by atoms with Gasteiger partial charge in [-0.05, 0) is 66.5 Å². The molecule has 0 saturated carbocycles. The van der Waals surface area contributed by atoms with Crippen LogP contribution >= 0.6 is 0 Å². The van der Waals surface area contributed by atoms with Gasteiger partial charge in [0.1, 0.15) is 6.23 Å². The van der Waals surface area contributed by atoms with Gasteiger partial charge in [-0.1, -0.05) is 74.4 Å². The molecule has 2 saturated heterocycles. The highest BCUT2D eigenvalue weighted by Crippen LogP contribution is 2.37. The number of fused-ring (bicyclic) bond motifs is 4. The fourth-order valence-corrected chi connectivity index (χ4v) is 6.86. The molecule has 2 aromatic carbocycles. The molecule has 2 amide bonds. The lowest BCUT2D eigenvalue weighted by molar-refractivity contribution is -0.138. The standard InChI is InChI=1S/C37H47F3N4O3/c1-2-3-10-34(45)41-19-6-4-5-11-35(46)42-24-27-14-12-26(13-15-27)21-36(47)44-31-18-20-43(25-31)32-17-16-29(23-33(32)44)28-8-7-9-30(22-28)37(38,39)40/h7-9,12-17,22-23,31-33,35,42,46H,2-6,10-11,18-21,24-25H2,1H3,(H,41,45)/t31-,32?,33?,35?/m0/s1. The third kappa shape index (κ3) is 9.33. The Morgan fingerprint density at radius 3 is 2.57 bits per heavy atom. The number of hydrogen-bond donors (Lipinski definition) is 3. The molecular formula is C37H47F3N4O3. The van der Waals surface area contributed by atoms with Crippen molar-refractivity contribution >= 4 is 17.4 Å². The third-order valence-electron chi connectivity index (χ3n) is 9.47. The van der Waals surface area contributed by atoms with E-state index in [0.29, 0.717) is 37.1 Å². The van der Waals surface area contributed by atoms with Crippen molar-refractivity contribution in [2.45, 2.75) is 102 Å². The Labute approximate surface area is 275 Å². The van der Waals surface area contributed by atoms with Crippen LogP contribution in [0.4, 0.5) is 13.2 Å². The monoisotopic (exact) mass is 652 g/mol. The first-order chi connectivity index (χ1) is 22.6. The highest BCUT2D eigenvalue weighted by Gasteiger charge is 2.46. The van der Waals surface area contributed by atoms with Gasteiger partial charge in [0.15, 0.2) is 0 Å². The number of halogens is 3. The van der Waals surface area contributed by atoms with Crippen molar-refractivity contribution in [1.82, 2.24) is 20.4 Å². The lowest BCUT2D eigenvalue weighted by atomic mass is 9.89. The molecule has 0 aromatic heterocycles. The quantitative estimate of drug-likeness (QED) is 0.167. The number of unbranched alkanes of at least 4 members (excludes halogenated alkanes) is 3. The molecule has 2 fully saturated rings. The summed E-state index contributed by atoms with van der Waals surface area (Å²) in [6, 6.07) is 13.0. The van der Waals surface area contributed by atoms with Crippen molar-refractivity contribution in [1.29, 1.82) is 0 Å². The molecule has 0 spiro atoms. The summed E-state index contributed by atoms with van der Waals surface area (Å²) < 4.78 is 40.2. The van der Waals surface area contributed by atoms with Gasteiger partial charge < -0.3 is 15.3 Å². The van der Waals surface area contributed by atoms with Crippen LogP contribution in [0, 0.1) is 0 Å². The number of benzene rings is 2. The molecule has 2 bridgehead atoms. The van der Waals surface area contributed by atoms with Crippen LogP contribution in [0.5, 0.6) is 0 Å². The fourth-order valence-electron chi connectivity index (χ4n) is 6.86. The van der Waals surface area contributed by atoms with Crippen LogP contribution in [-0.2, 0) is 28.7 Å². The molecule has 1 aliphatic carbocycles. The van der Waals surface area contributed by atoms with Gasteiger partial charge in [-0.25, -0.2) is 0 Å². The first kappa shape index (κ1) is 34.9. The second kappa shape index (κ2) is 16.1. The topological polar surface area (TPSA) is 84.9 Å². The molecule has 7 nitrogen and oxygen atoms in total. The van der Waals surface area contributed by atoms with E-state index in [1.165, 1.54) is 12.1 Å². The van der Waals surface area contributed by atoms with Gasteiger partial charge in [0.25, 0.3) is 0 Å². The predicted molar refractivity (Wildman–Crippen MR) is 177 cm³/mol. The minimum Gasteiger partial charge on any atom is -0.379 e. The van der Waals surface area contributed by atoms with E-state index in [4.69, 9.17) is 0 Å². The minimum absolute atomic E-state index is 0.00328. The lowest BCUT2D eigenvalue weighted by Crippen LogP contribution is -2.60. The summed E-state index contributed by atoms with van der Waals surface area (Å²) in [5.74, 6) is 0.127. The zero-order valence-electron chi connectivity index (χ0n) is 27.1. The number of carbonyl (C=O) groups excluding carboxylic acids is 2. The van der Waals surface area contributed by atoms with Crippen LogP contribution in [0.1, 0.15) is 80.5 Å². The molecule has 2 aliphatic heterocycles. The van der Waals surface area contributed by atoms with Gasteiger partial charge in [0.2, 0.25) is 11.8 Å². The van der Waals surface area contributed by atoms with Crippen molar-refractivity contribution in [3.8, 4) is 0 Å². The summed E-state index contributed by atoms with van der Waals surface area (Å²) in [7, 11) is 0. The van der Waals surface area contributed by atoms with Gasteiger partial charge >= 0.3 is 6.18 Å². The Kier molecular flexibility index (Phi) is 11.9. The SMILES string of the molecule is CCCCC(=O)NCCCCCC(O)NCc1ccc(CC(=O)N2C3C=C(c4cccc(C(F)(F)F)c4)C=CC3N3CC[C@H]2C3)cc1. The molecule has 5 atom stereocenters. The highest BCUT2D eigenvalue weighted by molar-refractivity contribution is 5.82. The van der Waals surface area contributed by atoms with Gasteiger partial charge in [-0.2, -0.15) is 13.2 Å². The van der Waals surface area contributed by atoms with Crippen LogP contribution < -0.4 is 10.6 Å². The van der Waals surface area contributed by atoms with Crippen LogP contribution in [-0.4, -0.2) is 70.7 Å². The molecule has 254 valence electrons. The van der Waals surface area contributed by atoms with Gasteiger partial charge in [-0.3, -0.25) is 19.8 Å². The second-order valence-electron chi connectivity index (χ2n) is 13.0. The van der Waals surface area contributed by atoms with E-state index in [0.717, 1.165) is 68.8 Å². The normalized spacial score (nSPS) is 22.5. The smallest absolute Gasteiger partial charge is 0.379 e. The number of alkyl halides is 3. The van der Waals surface area contributed by atoms with E-state index >= 15 is 0 Å². The molecule has 47 heavy (non-hydrogen) atoms. The van der Waals surface area contributed by atoms with Crippen LogP contribution in [0.15, 0.2) is 66.8 Å². The Morgan fingerprint density at radius 2 is 1.81 bits per heavy atom. The van der Waals surface area contributed by atoms with Crippen LogP contribution in [0.3, 0.4) is 0 Å². The van der Waals surface area contributed by atoms with Crippen molar-refractivity contribution in [2.24, 2.45) is 0 Å². The average molecular weight is 653 g/mol. The summed E-state index contributed by atoms with van der Waals surface area (Å²) in [5.41, 5.74) is 2.41. The molecule has 10 heteroatoms. The van der Waals surface area contributed by atoms with E-state index in [1.54, 1.807) is 6.07 Å². The summed E-state index contributed by atoms with van der Waals surface area (Å²) in [4.78, 5) is 29.8. The first-order valence-corrected chi connectivity index (χ1v) is 17.0. The second-order valence-corrected chi connectivity index (χ2v) is 13.0. The van der Waals surface area contributed by atoms with Gasteiger partial charge in [-0.15, -0.1) is 0 Å². The van der Waals surface area contributed by atoms with Crippen LogP contribution in [0.25, 0.3) is 5.57 Å². The largest absolute Gasteiger partial charge is 0.416 e. The molecule has 3 N–H and O–H groups in total. The zero-order valence-corrected chi connectivity index (χ0v) is 27.1. The Balaban J connectivity index is 1.12. The number of piperazine rings is 1. The van der Waals surface area contributed by atoms with Gasteiger partial charge in [0, 0.05) is 38.6 Å². The van der Waals surface area contributed by atoms with Crippen molar-refractivity contribution in [3.63, 3.8) is 0 Å². The number of amides is 2. The molecule has 2 heterocycles. The molecule has 0 radical (unpaired) electrons. The number of hydrogen-bond acceptors (Lipinski definition) is 5. The van der Waals surface area contributed by atoms with Crippen molar-refractivity contribution in [2.75, 3.05) is 19.6 Å². The van der Waals surface area contributed by atoms with E-state index < -0.39 is 18.0 Å². The number of aliphatic hydroxyl groups excluding tert-OH is 1. The third-order valence-corrected chi connectivity index (χ3v) is 9.47. The maximum Gasteiger partial charge on any atom is 0.416 e. The number of nitrogens with one attached hydrogen (secondary N) is 2. The average Bonchev–Trinajstić information content (AvgIpc) is 3.48. The van der Waals surface area contributed by atoms with Crippen LogP contribution in [0.2, 0.25) is 0 Å². The number of aliphatic hydroxyl groups is 1. The first-order valence-electron chi connectivity index (χ1n) is 17.0. The fraction of sp³-hybridized carbons (Fsp3) is 0.514. The lowest BCUT2D eigenvalue weighted by Gasteiger charge is -2.46. The molecule has 2 aromatic rings. The van der Waals surface area contributed by atoms with Gasteiger partial charge in [0.05, 0.1) is 24.1 Å². The Bertz CT molecular complexity index is 1420. The summed E-state index contributed by atoms with van der Waals surface area (Å²) in [6.45, 7) is 4.93. The summed E-state index contributed by atoms with van der Waals surface area (Å²) >= 11 is 0. The number of allylic oxidation sites excluding steroid dienone is 2. The van der Waals surface area contributed by atoms with E-state index in [1.807, 2.05) is 47.4 Å². The molecular weight excluding hydrogens is 605 g/mol. The minimum atomic E-state index is -4.42. The maximum atomic E-state index is 13.8. The summed E-state index contributed by atoms with van der Waals surface area (Å²) in [6.07, 6.45) is 7.81. The molecule has 3 aliphatic rings. The predicted octanol–water partition coefficient (Wildman–Crippen LogP) is 5.83. The number of nitrogens with zero attached hydrogens (tertiary/aromatic N) is 2. The van der Waals surface area contributed by atoms with E-state index in [9.17, 15) is 27.9 Å². The van der Waals surface area contributed by atoms with E-state index in [2.05, 4.69) is 22.5 Å². The van der Waals surface area contributed by atoms with E-state index in [-0.39, 0.29) is 36.4 Å². The Hall–Kier alpha value is -3.47. The van der Waals surface area contributed by atoms with Crippen molar-refractivity contribution in [3.05, 3.63) is 89.0 Å². The molecule has 5 rings (SSSR count).